The second-order valence-corrected chi connectivity index (χ2v) is 3.57. The molecular formula is C8H16N2. The van der Waals surface area contributed by atoms with Gasteiger partial charge in [-0.05, 0) is 45.3 Å². The van der Waals surface area contributed by atoms with Gasteiger partial charge >= 0.3 is 0 Å². The van der Waals surface area contributed by atoms with Crippen LogP contribution in [0.3, 0.4) is 0 Å². The lowest BCUT2D eigenvalue weighted by atomic mass is 9.96. The van der Waals surface area contributed by atoms with Crippen LogP contribution in [0.4, 0.5) is 0 Å². The van der Waals surface area contributed by atoms with E-state index in [1.54, 1.807) is 0 Å². The fraction of sp³-hybridized carbons (Fsp3) is 1.00. The van der Waals surface area contributed by atoms with Crippen molar-refractivity contribution in [2.45, 2.75) is 25.4 Å². The minimum Gasteiger partial charge on any atom is -0.302 e. The molecule has 0 saturated carbocycles. The fourth-order valence-electron chi connectivity index (χ4n) is 2.27. The second kappa shape index (κ2) is 2.51. The van der Waals surface area contributed by atoms with Crippen LogP contribution < -0.4 is 5.32 Å². The van der Waals surface area contributed by atoms with Gasteiger partial charge in [0, 0.05) is 0 Å². The molecule has 2 aliphatic heterocycles. The van der Waals surface area contributed by atoms with Crippen LogP contribution in [0.15, 0.2) is 0 Å². The SMILES string of the molecule is CN1CC[C@H]2CCCN[C@@H]21. The predicted molar refractivity (Wildman–Crippen MR) is 41.8 cm³/mol. The Kier molecular flexibility index (Phi) is 1.66. The summed E-state index contributed by atoms with van der Waals surface area (Å²) in [5.74, 6) is 0.957. The largest absolute Gasteiger partial charge is 0.302 e. The molecule has 0 spiro atoms. The van der Waals surface area contributed by atoms with E-state index in [0.29, 0.717) is 6.17 Å². The Bertz CT molecular complexity index is 122. The maximum atomic E-state index is 3.56. The molecular weight excluding hydrogens is 124 g/mol. The average molecular weight is 140 g/mol. The number of fused-ring (bicyclic) bond motifs is 1. The van der Waals surface area contributed by atoms with Crippen LogP contribution in [-0.4, -0.2) is 31.2 Å². The van der Waals surface area contributed by atoms with E-state index in [1.165, 1.54) is 32.4 Å². The summed E-state index contributed by atoms with van der Waals surface area (Å²) in [5.41, 5.74) is 0. The monoisotopic (exact) mass is 140 g/mol. The van der Waals surface area contributed by atoms with Crippen LogP contribution in [0.5, 0.6) is 0 Å². The third-order valence-electron chi connectivity index (χ3n) is 2.88. The summed E-state index contributed by atoms with van der Waals surface area (Å²) in [7, 11) is 2.23. The minimum absolute atomic E-state index is 0.716. The summed E-state index contributed by atoms with van der Waals surface area (Å²) in [5, 5.41) is 3.56. The molecule has 0 radical (unpaired) electrons. The summed E-state index contributed by atoms with van der Waals surface area (Å²) in [6.07, 6.45) is 4.96. The molecule has 1 N–H and O–H groups in total. The quantitative estimate of drug-likeness (QED) is 0.531. The van der Waals surface area contributed by atoms with E-state index in [4.69, 9.17) is 0 Å². The summed E-state index contributed by atoms with van der Waals surface area (Å²) >= 11 is 0. The van der Waals surface area contributed by atoms with E-state index in [2.05, 4.69) is 17.3 Å². The molecule has 0 aromatic heterocycles. The molecule has 0 bridgehead atoms. The van der Waals surface area contributed by atoms with Crippen molar-refractivity contribution in [1.82, 2.24) is 10.2 Å². The lowest BCUT2D eigenvalue weighted by Gasteiger charge is -2.30. The predicted octanol–water partition coefficient (Wildman–Crippen LogP) is 0.648. The topological polar surface area (TPSA) is 15.3 Å². The molecule has 2 heteroatoms. The molecule has 0 aromatic rings. The van der Waals surface area contributed by atoms with Crippen molar-refractivity contribution >= 4 is 0 Å². The summed E-state index contributed by atoms with van der Waals surface area (Å²) in [4.78, 5) is 2.45. The normalized spacial score (nSPS) is 41.7. The molecule has 2 nitrogen and oxygen atoms in total. The van der Waals surface area contributed by atoms with Crippen molar-refractivity contribution in [3.8, 4) is 0 Å². The van der Waals surface area contributed by atoms with Gasteiger partial charge in [0.15, 0.2) is 0 Å². The Morgan fingerprint density at radius 1 is 1.40 bits per heavy atom. The Labute approximate surface area is 62.6 Å². The molecule has 0 aromatic carbocycles. The highest BCUT2D eigenvalue weighted by molar-refractivity contribution is 4.86. The van der Waals surface area contributed by atoms with Crippen LogP contribution in [-0.2, 0) is 0 Å². The van der Waals surface area contributed by atoms with Gasteiger partial charge in [-0.1, -0.05) is 0 Å². The van der Waals surface area contributed by atoms with E-state index in [0.717, 1.165) is 5.92 Å². The highest BCUT2D eigenvalue weighted by Crippen LogP contribution is 2.27. The Morgan fingerprint density at radius 2 is 2.30 bits per heavy atom. The summed E-state index contributed by atoms with van der Waals surface area (Å²) in [6, 6.07) is 0. The van der Waals surface area contributed by atoms with Gasteiger partial charge in [0.1, 0.15) is 0 Å². The van der Waals surface area contributed by atoms with Crippen LogP contribution in [0.25, 0.3) is 0 Å². The first-order valence-electron chi connectivity index (χ1n) is 4.31. The zero-order valence-electron chi connectivity index (χ0n) is 6.64. The molecule has 2 atom stereocenters. The highest BCUT2D eigenvalue weighted by Gasteiger charge is 2.32. The minimum atomic E-state index is 0.716. The average Bonchev–Trinajstić information content (AvgIpc) is 2.34. The maximum absolute atomic E-state index is 3.56. The number of piperidine rings is 1. The number of rotatable bonds is 0. The maximum Gasteiger partial charge on any atom is 0.0624 e. The standard InChI is InChI=1S/C8H16N2/c1-10-6-4-7-3-2-5-9-8(7)10/h7-9H,2-6H2,1H3/t7-,8-/m1/s1. The Balaban J connectivity index is 2.01. The number of nitrogens with zero attached hydrogens (tertiary/aromatic N) is 1. The van der Waals surface area contributed by atoms with Crippen molar-refractivity contribution in [2.75, 3.05) is 20.1 Å². The van der Waals surface area contributed by atoms with Gasteiger partial charge < -0.3 is 5.32 Å². The molecule has 2 saturated heterocycles. The van der Waals surface area contributed by atoms with Crippen molar-refractivity contribution < 1.29 is 0 Å². The first-order chi connectivity index (χ1) is 4.88. The van der Waals surface area contributed by atoms with Crippen LogP contribution in [0.2, 0.25) is 0 Å². The van der Waals surface area contributed by atoms with Gasteiger partial charge in [0.25, 0.3) is 0 Å². The molecule has 2 heterocycles. The van der Waals surface area contributed by atoms with Gasteiger partial charge in [-0.2, -0.15) is 0 Å². The molecule has 0 aliphatic carbocycles. The Morgan fingerprint density at radius 3 is 3.10 bits per heavy atom. The molecule has 2 fully saturated rings. The van der Waals surface area contributed by atoms with Gasteiger partial charge in [0.2, 0.25) is 0 Å². The van der Waals surface area contributed by atoms with E-state index < -0.39 is 0 Å². The number of nitrogens with one attached hydrogen (secondary N) is 1. The first kappa shape index (κ1) is 6.62. The lowest BCUT2D eigenvalue weighted by molar-refractivity contribution is 0.190. The van der Waals surface area contributed by atoms with Crippen LogP contribution in [0.1, 0.15) is 19.3 Å². The second-order valence-electron chi connectivity index (χ2n) is 3.57. The third kappa shape index (κ3) is 0.956. The fourth-order valence-corrected chi connectivity index (χ4v) is 2.27. The van der Waals surface area contributed by atoms with Gasteiger partial charge in [0.05, 0.1) is 6.17 Å². The number of likely N-dealkylation sites (tertiary alicyclic amines) is 1. The smallest absolute Gasteiger partial charge is 0.0624 e. The molecule has 2 aliphatic rings. The van der Waals surface area contributed by atoms with E-state index >= 15 is 0 Å². The third-order valence-corrected chi connectivity index (χ3v) is 2.88. The zero-order chi connectivity index (χ0) is 6.97. The van der Waals surface area contributed by atoms with Crippen molar-refractivity contribution in [3.05, 3.63) is 0 Å². The molecule has 58 valence electrons. The first-order valence-corrected chi connectivity index (χ1v) is 4.31. The van der Waals surface area contributed by atoms with Gasteiger partial charge in [-0.15, -0.1) is 0 Å². The zero-order valence-corrected chi connectivity index (χ0v) is 6.64. The van der Waals surface area contributed by atoms with Crippen LogP contribution in [0, 0.1) is 5.92 Å². The lowest BCUT2D eigenvalue weighted by Crippen LogP contribution is -2.46. The highest BCUT2D eigenvalue weighted by atomic mass is 15.3. The molecule has 2 rings (SSSR count). The van der Waals surface area contributed by atoms with Gasteiger partial charge in [-0.25, -0.2) is 0 Å². The van der Waals surface area contributed by atoms with Crippen LogP contribution >= 0.6 is 0 Å². The van der Waals surface area contributed by atoms with Crippen molar-refractivity contribution in [2.24, 2.45) is 5.92 Å². The molecule has 10 heavy (non-hydrogen) atoms. The van der Waals surface area contributed by atoms with E-state index in [1.807, 2.05) is 0 Å². The molecule has 0 amide bonds. The van der Waals surface area contributed by atoms with E-state index in [9.17, 15) is 0 Å². The number of hydrogen-bond acceptors (Lipinski definition) is 2. The van der Waals surface area contributed by atoms with Crippen molar-refractivity contribution in [1.29, 1.82) is 0 Å². The molecule has 0 unspecified atom stereocenters. The van der Waals surface area contributed by atoms with Gasteiger partial charge in [-0.3, -0.25) is 4.90 Å². The number of hydrogen-bond donors (Lipinski definition) is 1. The Hall–Kier alpha value is -0.0800. The summed E-state index contributed by atoms with van der Waals surface area (Å²) in [6.45, 7) is 2.52. The summed E-state index contributed by atoms with van der Waals surface area (Å²) < 4.78 is 0. The van der Waals surface area contributed by atoms with Crippen molar-refractivity contribution in [3.63, 3.8) is 0 Å². The van der Waals surface area contributed by atoms with E-state index in [-0.39, 0.29) is 0 Å².